The van der Waals surface area contributed by atoms with Gasteiger partial charge in [0, 0.05) is 0 Å². The Hall–Kier alpha value is -0.570. The first-order valence-electron chi connectivity index (χ1n) is 5.87. The average molecular weight is 216 g/mol. The number of carbonyl (C=O) groups excluding carboxylic acids is 1. The van der Waals surface area contributed by atoms with Crippen LogP contribution in [0.4, 0.5) is 0 Å². The fourth-order valence-corrected chi connectivity index (χ4v) is 1.34. The van der Waals surface area contributed by atoms with Crippen molar-refractivity contribution in [1.29, 1.82) is 0 Å². The lowest BCUT2D eigenvalue weighted by Gasteiger charge is -2.17. The average Bonchev–Trinajstić information content (AvgIpc) is 2.24. The smallest absolute Gasteiger partial charge is 0.335 e. The molecule has 0 aromatic rings. The molecular weight excluding hydrogens is 192 g/mol. The van der Waals surface area contributed by atoms with E-state index < -0.39 is 12.1 Å². The Bertz CT molecular complexity index is 180. The summed E-state index contributed by atoms with van der Waals surface area (Å²) in [5.41, 5.74) is 0. The van der Waals surface area contributed by atoms with E-state index in [0.29, 0.717) is 12.5 Å². The third kappa shape index (κ3) is 5.78. The second kappa shape index (κ2) is 7.69. The number of hydrogen-bond acceptors (Lipinski definition) is 3. The van der Waals surface area contributed by atoms with Crippen molar-refractivity contribution in [2.24, 2.45) is 11.8 Å². The minimum atomic E-state index is -0.969. The van der Waals surface area contributed by atoms with E-state index in [4.69, 9.17) is 4.74 Å². The summed E-state index contributed by atoms with van der Waals surface area (Å²) in [6.07, 6.45) is 1.95. The van der Waals surface area contributed by atoms with E-state index in [0.717, 1.165) is 19.3 Å². The van der Waals surface area contributed by atoms with Crippen LogP contribution < -0.4 is 0 Å². The lowest BCUT2D eigenvalue weighted by atomic mass is 10.0. The van der Waals surface area contributed by atoms with Crippen LogP contribution in [0.2, 0.25) is 0 Å². The van der Waals surface area contributed by atoms with Crippen molar-refractivity contribution in [2.45, 2.75) is 53.1 Å². The lowest BCUT2D eigenvalue weighted by molar-refractivity contribution is -0.157. The summed E-state index contributed by atoms with van der Waals surface area (Å²) < 4.78 is 5.05. The molecule has 0 fully saturated rings. The van der Waals surface area contributed by atoms with Crippen molar-refractivity contribution < 1.29 is 14.6 Å². The summed E-state index contributed by atoms with van der Waals surface area (Å²) in [4.78, 5) is 11.4. The van der Waals surface area contributed by atoms with Crippen LogP contribution in [0.25, 0.3) is 0 Å². The molecule has 0 rings (SSSR count). The minimum Gasteiger partial charge on any atom is -0.463 e. The zero-order valence-electron chi connectivity index (χ0n) is 10.3. The van der Waals surface area contributed by atoms with Gasteiger partial charge in [0.25, 0.3) is 0 Å². The Labute approximate surface area is 92.8 Å². The van der Waals surface area contributed by atoms with Crippen LogP contribution in [0.3, 0.4) is 0 Å². The molecular formula is C12H24O3. The van der Waals surface area contributed by atoms with Gasteiger partial charge in [-0.2, -0.15) is 0 Å². The van der Waals surface area contributed by atoms with Crippen LogP contribution in [0.15, 0.2) is 0 Å². The maximum Gasteiger partial charge on any atom is 0.335 e. The highest BCUT2D eigenvalue weighted by Crippen LogP contribution is 2.11. The first kappa shape index (κ1) is 14.4. The molecule has 3 atom stereocenters. The van der Waals surface area contributed by atoms with Gasteiger partial charge in [-0.25, -0.2) is 4.79 Å². The molecule has 0 amide bonds. The van der Waals surface area contributed by atoms with Crippen LogP contribution in [0, 0.1) is 11.8 Å². The van der Waals surface area contributed by atoms with E-state index in [1.807, 2.05) is 20.8 Å². The fraction of sp³-hybridized carbons (Fsp3) is 0.917. The highest BCUT2D eigenvalue weighted by atomic mass is 16.5. The molecule has 0 aromatic heterocycles. The van der Waals surface area contributed by atoms with Crippen LogP contribution >= 0.6 is 0 Å². The molecule has 0 saturated carbocycles. The van der Waals surface area contributed by atoms with Gasteiger partial charge in [-0.05, 0) is 18.3 Å². The molecule has 0 aliphatic rings. The third-order valence-corrected chi connectivity index (χ3v) is 2.72. The Morgan fingerprint density at radius 1 is 1.33 bits per heavy atom. The topological polar surface area (TPSA) is 46.5 Å². The maximum atomic E-state index is 11.4. The molecule has 0 heterocycles. The minimum absolute atomic E-state index is 0.0287. The predicted molar refractivity (Wildman–Crippen MR) is 60.5 cm³/mol. The Balaban J connectivity index is 3.82. The zero-order chi connectivity index (χ0) is 11.8. The number of aliphatic hydroxyl groups excluding tert-OH is 1. The van der Waals surface area contributed by atoms with Gasteiger partial charge in [0.1, 0.15) is 0 Å². The van der Waals surface area contributed by atoms with Crippen molar-refractivity contribution >= 4 is 5.97 Å². The molecule has 3 heteroatoms. The standard InChI is InChI=1S/C12H24O3/c1-5-7-9(3)8-15-12(14)11(13)10(4)6-2/h9-11,13H,5-8H2,1-4H3. The molecule has 0 aromatic carbocycles. The number of aliphatic hydroxyl groups is 1. The Kier molecular flexibility index (Phi) is 7.39. The molecule has 3 nitrogen and oxygen atoms in total. The molecule has 1 N–H and O–H groups in total. The van der Waals surface area contributed by atoms with Gasteiger partial charge in [-0.15, -0.1) is 0 Å². The van der Waals surface area contributed by atoms with Crippen molar-refractivity contribution in [1.82, 2.24) is 0 Å². The van der Waals surface area contributed by atoms with E-state index >= 15 is 0 Å². The molecule has 90 valence electrons. The highest BCUT2D eigenvalue weighted by Gasteiger charge is 2.22. The van der Waals surface area contributed by atoms with Crippen LogP contribution in [-0.4, -0.2) is 23.8 Å². The summed E-state index contributed by atoms with van der Waals surface area (Å²) >= 11 is 0. The van der Waals surface area contributed by atoms with Gasteiger partial charge in [-0.1, -0.05) is 40.5 Å². The van der Waals surface area contributed by atoms with Crippen LogP contribution in [-0.2, 0) is 9.53 Å². The molecule has 15 heavy (non-hydrogen) atoms. The third-order valence-electron chi connectivity index (χ3n) is 2.72. The predicted octanol–water partition coefficient (Wildman–Crippen LogP) is 2.37. The Morgan fingerprint density at radius 2 is 1.93 bits per heavy atom. The van der Waals surface area contributed by atoms with Crippen molar-refractivity contribution in [3.8, 4) is 0 Å². The molecule has 0 saturated heterocycles. The first-order valence-corrected chi connectivity index (χ1v) is 5.87. The second-order valence-corrected chi connectivity index (χ2v) is 4.35. The van der Waals surface area contributed by atoms with Gasteiger partial charge < -0.3 is 9.84 Å². The SMILES string of the molecule is CCCC(C)COC(=O)C(O)C(C)CC. The van der Waals surface area contributed by atoms with E-state index in [1.165, 1.54) is 0 Å². The van der Waals surface area contributed by atoms with Gasteiger partial charge in [-0.3, -0.25) is 0 Å². The number of rotatable bonds is 7. The summed E-state index contributed by atoms with van der Waals surface area (Å²) in [6.45, 7) is 8.36. The van der Waals surface area contributed by atoms with Crippen molar-refractivity contribution in [3.05, 3.63) is 0 Å². The van der Waals surface area contributed by atoms with Gasteiger partial charge in [0.05, 0.1) is 6.61 Å². The second-order valence-electron chi connectivity index (χ2n) is 4.35. The summed E-state index contributed by atoms with van der Waals surface area (Å²) in [5, 5.41) is 9.55. The zero-order valence-corrected chi connectivity index (χ0v) is 10.3. The first-order chi connectivity index (χ1) is 7.02. The van der Waals surface area contributed by atoms with Crippen LogP contribution in [0.1, 0.15) is 47.0 Å². The largest absolute Gasteiger partial charge is 0.463 e. The van der Waals surface area contributed by atoms with E-state index in [1.54, 1.807) is 0 Å². The number of ether oxygens (including phenoxy) is 1. The normalized spacial score (nSPS) is 16.9. The van der Waals surface area contributed by atoms with Gasteiger partial charge in [0.2, 0.25) is 0 Å². The highest BCUT2D eigenvalue weighted by molar-refractivity contribution is 5.74. The lowest BCUT2D eigenvalue weighted by Crippen LogP contribution is -2.30. The van der Waals surface area contributed by atoms with E-state index in [-0.39, 0.29) is 5.92 Å². The van der Waals surface area contributed by atoms with Gasteiger partial charge >= 0.3 is 5.97 Å². The van der Waals surface area contributed by atoms with Crippen molar-refractivity contribution in [3.63, 3.8) is 0 Å². The number of esters is 1. The molecule has 0 bridgehead atoms. The quantitative estimate of drug-likeness (QED) is 0.665. The van der Waals surface area contributed by atoms with Crippen molar-refractivity contribution in [2.75, 3.05) is 6.61 Å². The molecule has 0 aliphatic heterocycles. The molecule has 0 aliphatic carbocycles. The van der Waals surface area contributed by atoms with Crippen LogP contribution in [0.5, 0.6) is 0 Å². The summed E-state index contributed by atoms with van der Waals surface area (Å²) in [6, 6.07) is 0. The number of hydrogen-bond donors (Lipinski definition) is 1. The monoisotopic (exact) mass is 216 g/mol. The Morgan fingerprint density at radius 3 is 2.40 bits per heavy atom. The fourth-order valence-electron chi connectivity index (χ4n) is 1.34. The van der Waals surface area contributed by atoms with E-state index in [2.05, 4.69) is 6.92 Å². The maximum absolute atomic E-state index is 11.4. The molecule has 0 radical (unpaired) electrons. The van der Waals surface area contributed by atoms with Gasteiger partial charge in [0.15, 0.2) is 6.10 Å². The summed E-state index contributed by atoms with van der Waals surface area (Å²) in [7, 11) is 0. The number of carbonyl (C=O) groups is 1. The molecule has 3 unspecified atom stereocenters. The van der Waals surface area contributed by atoms with E-state index in [9.17, 15) is 9.90 Å². The summed E-state index contributed by atoms with van der Waals surface area (Å²) in [5.74, 6) is -0.130. The molecule has 0 spiro atoms.